The van der Waals surface area contributed by atoms with Crippen molar-refractivity contribution in [1.82, 2.24) is 5.32 Å². The van der Waals surface area contributed by atoms with Crippen LogP contribution in [0.5, 0.6) is 0 Å². The highest BCUT2D eigenvalue weighted by Gasteiger charge is 2.18. The Morgan fingerprint density at radius 3 is 2.38 bits per heavy atom. The first-order chi connectivity index (χ1) is 7.49. The number of rotatable bonds is 4. The van der Waals surface area contributed by atoms with Gasteiger partial charge in [0.25, 0.3) is 0 Å². The minimum absolute atomic E-state index is 0.134. The zero-order chi connectivity index (χ0) is 12.1. The van der Waals surface area contributed by atoms with Crippen LogP contribution in [0.4, 0.5) is 4.39 Å². The predicted molar refractivity (Wildman–Crippen MR) is 55.3 cm³/mol. The van der Waals surface area contributed by atoms with E-state index in [9.17, 15) is 14.0 Å². The topological polar surface area (TPSA) is 66.4 Å². The van der Waals surface area contributed by atoms with Gasteiger partial charge >= 0.3 is 5.97 Å². The molecule has 0 spiro atoms. The molecule has 86 valence electrons. The maximum Gasteiger partial charge on any atom is 0.326 e. The average molecular weight is 225 g/mol. The second kappa shape index (κ2) is 5.25. The van der Waals surface area contributed by atoms with Crippen LogP contribution in [0.2, 0.25) is 0 Å². The molecule has 4 nitrogen and oxygen atoms in total. The lowest BCUT2D eigenvalue weighted by Crippen LogP contribution is -2.41. The molecule has 16 heavy (non-hydrogen) atoms. The van der Waals surface area contributed by atoms with E-state index in [2.05, 4.69) is 5.32 Å². The highest BCUT2D eigenvalue weighted by Crippen LogP contribution is 2.06. The first-order valence-corrected chi connectivity index (χ1v) is 4.73. The van der Waals surface area contributed by atoms with Crippen molar-refractivity contribution in [2.75, 3.05) is 0 Å². The zero-order valence-electron chi connectivity index (χ0n) is 8.74. The van der Waals surface area contributed by atoms with Gasteiger partial charge in [0, 0.05) is 13.3 Å². The molecule has 0 aliphatic rings. The van der Waals surface area contributed by atoms with E-state index in [1.54, 1.807) is 0 Å². The van der Waals surface area contributed by atoms with Crippen molar-refractivity contribution in [3.63, 3.8) is 0 Å². The van der Waals surface area contributed by atoms with Gasteiger partial charge in [-0.15, -0.1) is 0 Å². The quantitative estimate of drug-likeness (QED) is 0.802. The molecule has 0 unspecified atom stereocenters. The van der Waals surface area contributed by atoms with Gasteiger partial charge in [-0.25, -0.2) is 9.18 Å². The van der Waals surface area contributed by atoms with E-state index in [1.165, 1.54) is 31.2 Å². The normalized spacial score (nSPS) is 11.9. The SMILES string of the molecule is CC(=O)N[C@@H](Cc1ccc(F)cc1)C(=O)O. The van der Waals surface area contributed by atoms with Crippen molar-refractivity contribution in [3.05, 3.63) is 35.6 Å². The summed E-state index contributed by atoms with van der Waals surface area (Å²) in [6.45, 7) is 1.25. The molecule has 0 bridgehead atoms. The molecule has 0 fully saturated rings. The average Bonchev–Trinajstić information content (AvgIpc) is 2.19. The number of hydrogen-bond acceptors (Lipinski definition) is 2. The predicted octanol–water partition coefficient (Wildman–Crippen LogP) is 0.957. The first kappa shape index (κ1) is 12.2. The summed E-state index contributed by atoms with van der Waals surface area (Å²) in [5, 5.41) is 11.2. The highest BCUT2D eigenvalue weighted by atomic mass is 19.1. The largest absolute Gasteiger partial charge is 0.480 e. The molecule has 5 heteroatoms. The standard InChI is InChI=1S/C11H12FNO3/c1-7(14)13-10(11(15)16)6-8-2-4-9(12)5-3-8/h2-5,10H,6H2,1H3,(H,13,14)(H,15,16)/t10-/m0/s1. The lowest BCUT2D eigenvalue weighted by molar-refractivity contribution is -0.141. The summed E-state index contributed by atoms with van der Waals surface area (Å²) < 4.78 is 12.6. The number of carboxylic acid groups (broad SMARTS) is 1. The smallest absolute Gasteiger partial charge is 0.326 e. The summed E-state index contributed by atoms with van der Waals surface area (Å²) in [4.78, 5) is 21.6. The van der Waals surface area contributed by atoms with E-state index in [1.807, 2.05) is 0 Å². The first-order valence-electron chi connectivity index (χ1n) is 4.73. The van der Waals surface area contributed by atoms with Crippen molar-refractivity contribution < 1.29 is 19.1 Å². The van der Waals surface area contributed by atoms with Crippen LogP contribution < -0.4 is 5.32 Å². The number of benzene rings is 1. The Bertz CT molecular complexity index is 389. The van der Waals surface area contributed by atoms with Crippen LogP contribution in [0.3, 0.4) is 0 Å². The van der Waals surface area contributed by atoms with Crippen LogP contribution >= 0.6 is 0 Å². The Kier molecular flexibility index (Phi) is 3.99. The number of hydrogen-bond donors (Lipinski definition) is 2. The van der Waals surface area contributed by atoms with Gasteiger partial charge in [-0.05, 0) is 17.7 Å². The van der Waals surface area contributed by atoms with Gasteiger partial charge < -0.3 is 10.4 Å². The molecule has 0 saturated carbocycles. The lowest BCUT2D eigenvalue weighted by Gasteiger charge is -2.12. The summed E-state index contributed by atoms with van der Waals surface area (Å²) in [6.07, 6.45) is 0.134. The number of halogens is 1. The maximum atomic E-state index is 12.6. The molecule has 1 aromatic carbocycles. The summed E-state index contributed by atoms with van der Waals surface area (Å²) >= 11 is 0. The van der Waals surface area contributed by atoms with Crippen molar-refractivity contribution in [3.8, 4) is 0 Å². The Morgan fingerprint density at radius 2 is 1.94 bits per heavy atom. The molecule has 0 aromatic heterocycles. The molecule has 0 aliphatic heterocycles. The number of carbonyl (C=O) groups is 2. The molecule has 0 heterocycles. The Balaban J connectivity index is 2.71. The zero-order valence-corrected chi connectivity index (χ0v) is 8.74. The number of carboxylic acids is 1. The summed E-state index contributed by atoms with van der Waals surface area (Å²) in [6, 6.07) is 4.51. The van der Waals surface area contributed by atoms with E-state index in [4.69, 9.17) is 5.11 Å². The fourth-order valence-electron chi connectivity index (χ4n) is 1.30. The third kappa shape index (κ3) is 3.68. The van der Waals surface area contributed by atoms with Gasteiger partial charge in [0.2, 0.25) is 5.91 Å². The van der Waals surface area contributed by atoms with E-state index in [0.717, 1.165) is 0 Å². The van der Waals surface area contributed by atoms with Crippen molar-refractivity contribution in [1.29, 1.82) is 0 Å². The molecule has 1 amide bonds. The lowest BCUT2D eigenvalue weighted by atomic mass is 10.1. The fourth-order valence-corrected chi connectivity index (χ4v) is 1.30. The minimum atomic E-state index is -1.11. The van der Waals surface area contributed by atoms with Gasteiger partial charge in [0.1, 0.15) is 11.9 Å². The fraction of sp³-hybridized carbons (Fsp3) is 0.273. The Hall–Kier alpha value is -1.91. The monoisotopic (exact) mass is 225 g/mol. The molecule has 1 rings (SSSR count). The molecule has 0 saturated heterocycles. The summed E-state index contributed by atoms with van der Waals surface area (Å²) in [5.74, 6) is -1.90. The highest BCUT2D eigenvalue weighted by molar-refractivity contribution is 5.82. The Morgan fingerprint density at radius 1 is 1.38 bits per heavy atom. The second-order valence-electron chi connectivity index (χ2n) is 3.42. The minimum Gasteiger partial charge on any atom is -0.480 e. The van der Waals surface area contributed by atoms with Crippen LogP contribution in [-0.4, -0.2) is 23.0 Å². The molecule has 2 N–H and O–H groups in total. The number of aliphatic carboxylic acids is 1. The Labute approximate surface area is 92.1 Å². The molecule has 1 aromatic rings. The maximum absolute atomic E-state index is 12.6. The van der Waals surface area contributed by atoms with Gasteiger partial charge in [-0.1, -0.05) is 12.1 Å². The van der Waals surface area contributed by atoms with Crippen LogP contribution in [-0.2, 0) is 16.0 Å². The number of carbonyl (C=O) groups excluding carboxylic acids is 1. The molecular weight excluding hydrogens is 213 g/mol. The van der Waals surface area contributed by atoms with Crippen molar-refractivity contribution in [2.24, 2.45) is 0 Å². The summed E-state index contributed by atoms with van der Waals surface area (Å²) in [5.41, 5.74) is 0.655. The second-order valence-corrected chi connectivity index (χ2v) is 3.42. The van der Waals surface area contributed by atoms with Crippen molar-refractivity contribution in [2.45, 2.75) is 19.4 Å². The third-order valence-corrected chi connectivity index (χ3v) is 2.03. The molecule has 0 aliphatic carbocycles. The van der Waals surface area contributed by atoms with Crippen molar-refractivity contribution >= 4 is 11.9 Å². The molecule has 0 radical (unpaired) electrons. The third-order valence-electron chi connectivity index (χ3n) is 2.03. The van der Waals surface area contributed by atoms with Crippen LogP contribution in [0.15, 0.2) is 24.3 Å². The molecular formula is C11H12FNO3. The van der Waals surface area contributed by atoms with Crippen LogP contribution in [0.1, 0.15) is 12.5 Å². The van der Waals surface area contributed by atoms with E-state index in [0.29, 0.717) is 5.56 Å². The van der Waals surface area contributed by atoms with E-state index < -0.39 is 17.9 Å². The van der Waals surface area contributed by atoms with Crippen LogP contribution in [0.25, 0.3) is 0 Å². The summed E-state index contributed by atoms with van der Waals surface area (Å²) in [7, 11) is 0. The number of amides is 1. The van der Waals surface area contributed by atoms with Gasteiger partial charge in [0.15, 0.2) is 0 Å². The molecule has 1 atom stereocenters. The van der Waals surface area contributed by atoms with Gasteiger partial charge in [-0.3, -0.25) is 4.79 Å². The number of nitrogens with one attached hydrogen (secondary N) is 1. The van der Waals surface area contributed by atoms with E-state index in [-0.39, 0.29) is 12.2 Å². The van der Waals surface area contributed by atoms with Crippen LogP contribution in [0, 0.1) is 5.82 Å². The van der Waals surface area contributed by atoms with Gasteiger partial charge in [-0.2, -0.15) is 0 Å². The van der Waals surface area contributed by atoms with Gasteiger partial charge in [0.05, 0.1) is 0 Å². The van der Waals surface area contributed by atoms with E-state index >= 15 is 0 Å².